The summed E-state index contributed by atoms with van der Waals surface area (Å²) in [6.45, 7) is 0. The smallest absolute Gasteiger partial charge is 0.258 e. The van der Waals surface area contributed by atoms with E-state index in [0.29, 0.717) is 17.0 Å². The predicted octanol–water partition coefficient (Wildman–Crippen LogP) is 2.79. The lowest BCUT2D eigenvalue weighted by molar-refractivity contribution is 0.0982. The van der Waals surface area contributed by atoms with Gasteiger partial charge in [-0.3, -0.25) is 4.79 Å². The van der Waals surface area contributed by atoms with Crippen LogP contribution in [0.1, 0.15) is 10.4 Å². The molecule has 0 aromatic heterocycles. The van der Waals surface area contributed by atoms with E-state index in [2.05, 4.69) is 0 Å². The number of carbonyl (C=O) groups is 1. The SMILES string of the molecule is COc1cccc(C(=O)N(c2ccc(F)cc2)[C@H]2C=CS(=O)(=O)C2)c1. The summed E-state index contributed by atoms with van der Waals surface area (Å²) in [6.07, 6.45) is 1.47. The van der Waals surface area contributed by atoms with Gasteiger partial charge in [0.25, 0.3) is 5.91 Å². The molecule has 0 radical (unpaired) electrons. The zero-order chi connectivity index (χ0) is 18.0. The lowest BCUT2D eigenvalue weighted by atomic mass is 10.1. The summed E-state index contributed by atoms with van der Waals surface area (Å²) in [6, 6.07) is 11.3. The number of methoxy groups -OCH3 is 1. The van der Waals surface area contributed by atoms with Crippen molar-refractivity contribution in [2.24, 2.45) is 0 Å². The Labute approximate surface area is 145 Å². The van der Waals surface area contributed by atoms with Gasteiger partial charge in [-0.25, -0.2) is 12.8 Å². The standard InChI is InChI=1S/C18H16FNO4S/c1-24-17-4-2-3-13(11-17)18(21)20(15-7-5-14(19)6-8-15)16-9-10-25(22,23)12-16/h2-11,16H,12H2,1H3/t16-/m0/s1. The van der Waals surface area contributed by atoms with Gasteiger partial charge in [0.2, 0.25) is 0 Å². The topological polar surface area (TPSA) is 63.7 Å². The van der Waals surface area contributed by atoms with Crippen molar-refractivity contribution in [1.82, 2.24) is 0 Å². The van der Waals surface area contributed by atoms with Crippen LogP contribution < -0.4 is 9.64 Å². The van der Waals surface area contributed by atoms with Crippen LogP contribution in [0.4, 0.5) is 10.1 Å². The van der Waals surface area contributed by atoms with E-state index >= 15 is 0 Å². The number of nitrogens with zero attached hydrogens (tertiary/aromatic N) is 1. The van der Waals surface area contributed by atoms with E-state index in [-0.39, 0.29) is 5.75 Å². The van der Waals surface area contributed by atoms with Crippen molar-refractivity contribution in [1.29, 1.82) is 0 Å². The fourth-order valence-electron chi connectivity index (χ4n) is 2.68. The van der Waals surface area contributed by atoms with Crippen molar-refractivity contribution in [3.63, 3.8) is 0 Å². The molecule has 25 heavy (non-hydrogen) atoms. The van der Waals surface area contributed by atoms with Crippen molar-refractivity contribution >= 4 is 21.4 Å². The Kier molecular flexibility index (Phi) is 4.59. The summed E-state index contributed by atoms with van der Waals surface area (Å²) in [5, 5.41) is 1.10. The molecule has 1 amide bonds. The third kappa shape index (κ3) is 3.71. The number of hydrogen-bond acceptors (Lipinski definition) is 4. The number of hydrogen-bond donors (Lipinski definition) is 0. The highest BCUT2D eigenvalue weighted by Crippen LogP contribution is 2.26. The third-order valence-corrected chi connectivity index (χ3v) is 5.26. The molecule has 130 valence electrons. The molecule has 0 bridgehead atoms. The minimum Gasteiger partial charge on any atom is -0.497 e. The quantitative estimate of drug-likeness (QED) is 0.840. The Morgan fingerprint density at radius 3 is 2.52 bits per heavy atom. The van der Waals surface area contributed by atoms with Crippen LogP contribution in [0.3, 0.4) is 0 Å². The van der Waals surface area contributed by atoms with Crippen LogP contribution in [0.15, 0.2) is 60.0 Å². The van der Waals surface area contributed by atoms with Crippen LogP contribution in [-0.2, 0) is 9.84 Å². The molecule has 1 atom stereocenters. The van der Waals surface area contributed by atoms with Gasteiger partial charge in [-0.05, 0) is 48.5 Å². The highest BCUT2D eigenvalue weighted by molar-refractivity contribution is 7.94. The van der Waals surface area contributed by atoms with Gasteiger partial charge in [0.1, 0.15) is 11.6 Å². The minimum absolute atomic E-state index is 0.208. The van der Waals surface area contributed by atoms with Crippen molar-refractivity contribution in [3.8, 4) is 5.75 Å². The molecule has 0 aliphatic carbocycles. The Hall–Kier alpha value is -2.67. The maximum Gasteiger partial charge on any atom is 0.258 e. The fraction of sp³-hybridized carbons (Fsp3) is 0.167. The zero-order valence-electron chi connectivity index (χ0n) is 13.4. The third-order valence-electron chi connectivity index (χ3n) is 3.88. The fourth-order valence-corrected chi connectivity index (χ4v) is 3.94. The number of anilines is 1. The van der Waals surface area contributed by atoms with Crippen molar-refractivity contribution in [2.45, 2.75) is 6.04 Å². The minimum atomic E-state index is -3.36. The van der Waals surface area contributed by atoms with Crippen LogP contribution in [0, 0.1) is 5.82 Å². The first-order valence-electron chi connectivity index (χ1n) is 7.54. The van der Waals surface area contributed by atoms with E-state index < -0.39 is 27.6 Å². The van der Waals surface area contributed by atoms with E-state index in [1.807, 2.05) is 0 Å². The molecule has 7 heteroatoms. The lowest BCUT2D eigenvalue weighted by Crippen LogP contribution is -2.41. The van der Waals surface area contributed by atoms with Crippen LogP contribution in [0.5, 0.6) is 5.75 Å². The summed E-state index contributed by atoms with van der Waals surface area (Å²) in [4.78, 5) is 14.4. The van der Waals surface area contributed by atoms with Crippen molar-refractivity contribution < 1.29 is 22.3 Å². The molecule has 2 aromatic rings. The lowest BCUT2D eigenvalue weighted by Gasteiger charge is -2.28. The molecule has 1 heterocycles. The molecule has 0 spiro atoms. The number of ether oxygens (including phenoxy) is 1. The van der Waals surface area contributed by atoms with E-state index in [0.717, 1.165) is 5.41 Å². The number of carbonyl (C=O) groups excluding carboxylic acids is 1. The molecule has 1 aliphatic heterocycles. The maximum absolute atomic E-state index is 13.2. The summed E-state index contributed by atoms with van der Waals surface area (Å²) in [5.74, 6) is -0.524. The zero-order valence-corrected chi connectivity index (χ0v) is 14.2. The molecule has 0 unspecified atom stereocenters. The number of benzene rings is 2. The monoisotopic (exact) mass is 361 g/mol. The van der Waals surface area contributed by atoms with Gasteiger partial charge in [-0.15, -0.1) is 0 Å². The molecule has 0 fully saturated rings. The summed E-state index contributed by atoms with van der Waals surface area (Å²) >= 11 is 0. The van der Waals surface area contributed by atoms with Gasteiger partial charge in [-0.2, -0.15) is 0 Å². The first-order valence-corrected chi connectivity index (χ1v) is 9.25. The van der Waals surface area contributed by atoms with E-state index in [1.54, 1.807) is 24.3 Å². The molecular formula is C18H16FNO4S. The Bertz CT molecular complexity index is 922. The normalized spacial score (nSPS) is 18.1. The Morgan fingerprint density at radius 2 is 1.92 bits per heavy atom. The Balaban J connectivity index is 2.02. The van der Waals surface area contributed by atoms with Gasteiger partial charge in [0.05, 0.1) is 18.9 Å². The highest BCUT2D eigenvalue weighted by Gasteiger charge is 2.32. The van der Waals surface area contributed by atoms with Crippen molar-refractivity contribution in [3.05, 3.63) is 71.4 Å². The number of rotatable bonds is 4. The van der Waals surface area contributed by atoms with Crippen LogP contribution >= 0.6 is 0 Å². The van der Waals surface area contributed by atoms with Gasteiger partial charge in [0, 0.05) is 16.7 Å². The van der Waals surface area contributed by atoms with E-state index in [9.17, 15) is 17.6 Å². The van der Waals surface area contributed by atoms with Crippen LogP contribution in [0.25, 0.3) is 0 Å². The van der Waals surface area contributed by atoms with E-state index in [4.69, 9.17) is 4.74 Å². The predicted molar refractivity (Wildman–Crippen MR) is 92.9 cm³/mol. The Morgan fingerprint density at radius 1 is 1.20 bits per heavy atom. The van der Waals surface area contributed by atoms with Crippen LogP contribution in [-0.4, -0.2) is 33.2 Å². The summed E-state index contributed by atoms with van der Waals surface area (Å²) in [5.41, 5.74) is 0.766. The molecule has 5 nitrogen and oxygen atoms in total. The van der Waals surface area contributed by atoms with Crippen LogP contribution in [0.2, 0.25) is 0 Å². The maximum atomic E-state index is 13.2. The van der Waals surface area contributed by atoms with E-state index in [1.165, 1.54) is 42.4 Å². The van der Waals surface area contributed by atoms with Gasteiger partial charge < -0.3 is 9.64 Å². The van der Waals surface area contributed by atoms with Crippen molar-refractivity contribution in [2.75, 3.05) is 17.8 Å². The summed E-state index contributed by atoms with van der Waals surface area (Å²) < 4.78 is 41.9. The number of amides is 1. The second-order valence-electron chi connectivity index (χ2n) is 5.61. The van der Waals surface area contributed by atoms with Gasteiger partial charge in [0.15, 0.2) is 9.84 Å². The molecule has 0 N–H and O–H groups in total. The first-order chi connectivity index (χ1) is 11.9. The molecule has 1 aliphatic rings. The molecule has 3 rings (SSSR count). The molecule has 0 saturated heterocycles. The second kappa shape index (κ2) is 6.68. The first kappa shape index (κ1) is 17.2. The molecule has 2 aromatic carbocycles. The van der Waals surface area contributed by atoms with Gasteiger partial charge in [-0.1, -0.05) is 6.07 Å². The molecular weight excluding hydrogens is 345 g/mol. The molecule has 0 saturated carbocycles. The second-order valence-corrected chi connectivity index (χ2v) is 7.54. The average molecular weight is 361 g/mol. The van der Waals surface area contributed by atoms with Gasteiger partial charge >= 0.3 is 0 Å². The number of sulfone groups is 1. The largest absolute Gasteiger partial charge is 0.497 e. The summed E-state index contributed by atoms with van der Waals surface area (Å²) in [7, 11) is -1.86. The highest BCUT2D eigenvalue weighted by atomic mass is 32.2. The average Bonchev–Trinajstić information content (AvgIpc) is 2.96. The number of halogens is 1.